The highest BCUT2D eigenvalue weighted by atomic mass is 32.2. The van der Waals surface area contributed by atoms with Crippen LogP contribution in [0, 0.1) is 17.7 Å². The van der Waals surface area contributed by atoms with Gasteiger partial charge in [-0.15, -0.1) is 0 Å². The van der Waals surface area contributed by atoms with Crippen molar-refractivity contribution in [3.05, 3.63) is 35.1 Å². The molecule has 104 valence electrons. The third-order valence-electron chi connectivity index (χ3n) is 2.31. The second-order valence-corrected chi connectivity index (χ2v) is 5.89. The molecule has 0 aliphatic rings. The van der Waals surface area contributed by atoms with Gasteiger partial charge >= 0.3 is 0 Å². The monoisotopic (exact) mass is 285 g/mol. The van der Waals surface area contributed by atoms with Gasteiger partial charge in [0.15, 0.2) is 0 Å². The molecule has 0 saturated heterocycles. The van der Waals surface area contributed by atoms with Crippen molar-refractivity contribution in [1.29, 1.82) is 0 Å². The lowest BCUT2D eigenvalue weighted by atomic mass is 10.1. The molecule has 0 saturated carbocycles. The summed E-state index contributed by atoms with van der Waals surface area (Å²) in [5, 5.41) is 0. The van der Waals surface area contributed by atoms with Crippen LogP contribution >= 0.6 is 0 Å². The van der Waals surface area contributed by atoms with Crippen LogP contribution < -0.4 is 10.5 Å². The molecule has 3 N–H and O–H groups in total. The van der Waals surface area contributed by atoms with Crippen LogP contribution in [0.15, 0.2) is 18.2 Å². The van der Waals surface area contributed by atoms with Crippen LogP contribution in [0.25, 0.3) is 0 Å². The Morgan fingerprint density at radius 1 is 1.42 bits per heavy atom. The van der Waals surface area contributed by atoms with Gasteiger partial charge in [0.25, 0.3) is 10.2 Å². The van der Waals surface area contributed by atoms with Gasteiger partial charge in [-0.1, -0.05) is 11.8 Å². The summed E-state index contributed by atoms with van der Waals surface area (Å²) in [6, 6.07) is 4.26. The van der Waals surface area contributed by atoms with Crippen LogP contribution in [-0.4, -0.2) is 33.4 Å². The maximum Gasteiger partial charge on any atom is 0.279 e. The number of halogens is 1. The Labute approximate surface area is 112 Å². The molecule has 0 aliphatic carbocycles. The lowest BCUT2D eigenvalue weighted by Gasteiger charge is -2.12. The molecule has 0 radical (unpaired) electrons. The van der Waals surface area contributed by atoms with Gasteiger partial charge in [0, 0.05) is 31.8 Å². The summed E-state index contributed by atoms with van der Waals surface area (Å²) in [5.41, 5.74) is 6.07. The Kier molecular flexibility index (Phi) is 5.44. The summed E-state index contributed by atoms with van der Waals surface area (Å²) in [4.78, 5) is 0. The number of nitrogens with one attached hydrogen (secondary N) is 1. The molecule has 0 unspecified atom stereocenters. The van der Waals surface area contributed by atoms with Crippen LogP contribution in [0.5, 0.6) is 0 Å². The minimum absolute atomic E-state index is 0.134. The van der Waals surface area contributed by atoms with Gasteiger partial charge in [-0.05, 0) is 18.2 Å². The molecular formula is C12H16FN3O2S. The first kappa shape index (κ1) is 15.6. The van der Waals surface area contributed by atoms with E-state index in [9.17, 15) is 12.8 Å². The SMILES string of the molecule is CN(C)S(=O)(=O)NCc1cc(C#CCN)ccc1F. The molecule has 5 nitrogen and oxygen atoms in total. The standard InChI is InChI=1S/C12H16FN3O2S/c1-16(2)19(17,18)15-9-11-8-10(4-3-7-14)5-6-12(11)13/h5-6,8,15H,7,9,14H2,1-2H3. The second-order valence-electron chi connectivity index (χ2n) is 3.92. The molecule has 0 aliphatic heterocycles. The van der Waals surface area contributed by atoms with E-state index >= 15 is 0 Å². The Morgan fingerprint density at radius 3 is 2.68 bits per heavy atom. The summed E-state index contributed by atoms with van der Waals surface area (Å²) in [7, 11) is -0.801. The summed E-state index contributed by atoms with van der Waals surface area (Å²) in [5.74, 6) is 4.93. The normalized spacial score (nSPS) is 11.2. The highest BCUT2D eigenvalue weighted by Crippen LogP contribution is 2.10. The van der Waals surface area contributed by atoms with Gasteiger partial charge in [0.1, 0.15) is 5.82 Å². The molecule has 0 spiro atoms. The van der Waals surface area contributed by atoms with Crippen molar-refractivity contribution in [3.63, 3.8) is 0 Å². The molecule has 0 bridgehead atoms. The lowest BCUT2D eigenvalue weighted by molar-refractivity contribution is 0.503. The molecule has 1 aromatic rings. The predicted octanol–water partition coefficient (Wildman–Crippen LogP) is 0.0319. The number of nitrogens with zero attached hydrogens (tertiary/aromatic N) is 1. The molecule has 19 heavy (non-hydrogen) atoms. The fourth-order valence-corrected chi connectivity index (χ4v) is 1.84. The van der Waals surface area contributed by atoms with Crippen molar-refractivity contribution in [1.82, 2.24) is 9.03 Å². The number of rotatable bonds is 4. The maximum atomic E-state index is 13.5. The highest BCUT2D eigenvalue weighted by Gasteiger charge is 2.13. The topological polar surface area (TPSA) is 75.4 Å². The zero-order valence-corrected chi connectivity index (χ0v) is 11.6. The quantitative estimate of drug-likeness (QED) is 0.767. The lowest BCUT2D eigenvalue weighted by Crippen LogP contribution is -2.35. The fourth-order valence-electron chi connectivity index (χ4n) is 1.24. The first-order valence-corrected chi connectivity index (χ1v) is 6.95. The molecule has 0 amide bonds. The largest absolute Gasteiger partial charge is 0.320 e. The van der Waals surface area contributed by atoms with E-state index in [1.807, 2.05) is 0 Å². The summed E-state index contributed by atoms with van der Waals surface area (Å²) in [6.45, 7) is 0.0739. The van der Waals surface area contributed by atoms with E-state index in [2.05, 4.69) is 16.6 Å². The summed E-state index contributed by atoms with van der Waals surface area (Å²) in [6.07, 6.45) is 0. The highest BCUT2D eigenvalue weighted by molar-refractivity contribution is 7.87. The number of benzene rings is 1. The van der Waals surface area contributed by atoms with Crippen LogP contribution in [0.3, 0.4) is 0 Å². The van der Waals surface area contributed by atoms with E-state index in [0.29, 0.717) is 5.56 Å². The van der Waals surface area contributed by atoms with Crippen LogP contribution in [0.1, 0.15) is 11.1 Å². The predicted molar refractivity (Wildman–Crippen MR) is 71.8 cm³/mol. The zero-order chi connectivity index (χ0) is 14.5. The van der Waals surface area contributed by atoms with E-state index in [1.54, 1.807) is 0 Å². The first-order valence-electron chi connectivity index (χ1n) is 5.51. The summed E-state index contributed by atoms with van der Waals surface area (Å²) < 4.78 is 39.9. The average molecular weight is 285 g/mol. The Balaban J connectivity index is 2.89. The van der Waals surface area contributed by atoms with Crippen molar-refractivity contribution in [2.45, 2.75) is 6.54 Å². The fraction of sp³-hybridized carbons (Fsp3) is 0.333. The molecule has 1 rings (SSSR count). The van der Waals surface area contributed by atoms with E-state index in [1.165, 1.54) is 32.3 Å². The number of hydrogen-bond donors (Lipinski definition) is 2. The average Bonchev–Trinajstić information content (AvgIpc) is 2.36. The second kappa shape index (κ2) is 6.63. The van der Waals surface area contributed by atoms with Crippen molar-refractivity contribution in [2.75, 3.05) is 20.6 Å². The van der Waals surface area contributed by atoms with E-state index in [0.717, 1.165) is 4.31 Å². The third-order valence-corrected chi connectivity index (χ3v) is 3.78. The van der Waals surface area contributed by atoms with Gasteiger partial charge in [-0.3, -0.25) is 0 Å². The van der Waals surface area contributed by atoms with Crippen LogP contribution in [0.4, 0.5) is 4.39 Å². The van der Waals surface area contributed by atoms with Crippen LogP contribution in [0.2, 0.25) is 0 Å². The van der Waals surface area contributed by atoms with Crippen molar-refractivity contribution < 1.29 is 12.8 Å². The minimum atomic E-state index is -3.58. The molecule has 0 heterocycles. The molecule has 0 aromatic heterocycles. The first-order chi connectivity index (χ1) is 8.86. The Bertz CT molecular complexity index is 603. The van der Waals surface area contributed by atoms with Gasteiger partial charge in [0.05, 0.1) is 6.54 Å². The molecule has 0 fully saturated rings. The molecule has 0 atom stereocenters. The van der Waals surface area contributed by atoms with Gasteiger partial charge in [0.2, 0.25) is 0 Å². The number of nitrogens with two attached hydrogens (primary N) is 1. The van der Waals surface area contributed by atoms with Crippen molar-refractivity contribution in [3.8, 4) is 11.8 Å². The van der Waals surface area contributed by atoms with E-state index in [-0.39, 0.29) is 18.7 Å². The number of hydrogen-bond acceptors (Lipinski definition) is 3. The third kappa shape index (κ3) is 4.61. The summed E-state index contributed by atoms with van der Waals surface area (Å²) >= 11 is 0. The Hall–Kier alpha value is -1.46. The Morgan fingerprint density at radius 2 is 2.11 bits per heavy atom. The molecule has 7 heteroatoms. The van der Waals surface area contributed by atoms with E-state index in [4.69, 9.17) is 5.73 Å². The van der Waals surface area contributed by atoms with Crippen molar-refractivity contribution >= 4 is 10.2 Å². The molecular weight excluding hydrogens is 269 g/mol. The molecule has 1 aromatic carbocycles. The van der Waals surface area contributed by atoms with Gasteiger partial charge in [-0.2, -0.15) is 17.4 Å². The minimum Gasteiger partial charge on any atom is -0.320 e. The maximum absolute atomic E-state index is 13.5. The van der Waals surface area contributed by atoms with E-state index < -0.39 is 16.0 Å². The zero-order valence-electron chi connectivity index (χ0n) is 10.8. The van der Waals surface area contributed by atoms with Crippen LogP contribution in [-0.2, 0) is 16.8 Å². The van der Waals surface area contributed by atoms with Gasteiger partial charge < -0.3 is 5.73 Å². The van der Waals surface area contributed by atoms with Gasteiger partial charge in [-0.25, -0.2) is 4.39 Å². The van der Waals surface area contributed by atoms with Crippen molar-refractivity contribution in [2.24, 2.45) is 5.73 Å². The smallest absolute Gasteiger partial charge is 0.279 e.